The lowest BCUT2D eigenvalue weighted by Gasteiger charge is -2.08. The van der Waals surface area contributed by atoms with Crippen LogP contribution >= 0.6 is 0 Å². The van der Waals surface area contributed by atoms with E-state index in [1.807, 2.05) is 0 Å². The second kappa shape index (κ2) is 5.20. The third kappa shape index (κ3) is 3.25. The highest BCUT2D eigenvalue weighted by atomic mass is 19.4. The lowest BCUT2D eigenvalue weighted by molar-refractivity contribution is -0.137. The number of anilines is 1. The van der Waals surface area contributed by atoms with E-state index < -0.39 is 17.6 Å². The van der Waals surface area contributed by atoms with Gasteiger partial charge in [0.1, 0.15) is 0 Å². The van der Waals surface area contributed by atoms with Gasteiger partial charge < -0.3 is 10.4 Å². The van der Waals surface area contributed by atoms with Crippen molar-refractivity contribution in [3.8, 4) is 5.88 Å². The summed E-state index contributed by atoms with van der Waals surface area (Å²) >= 11 is 0. The van der Waals surface area contributed by atoms with Gasteiger partial charge in [0.2, 0.25) is 5.88 Å². The van der Waals surface area contributed by atoms with Crippen molar-refractivity contribution in [3.63, 3.8) is 0 Å². The quantitative estimate of drug-likeness (QED) is 0.889. The van der Waals surface area contributed by atoms with Gasteiger partial charge in [0.25, 0.3) is 5.91 Å². The van der Waals surface area contributed by atoms with Crippen molar-refractivity contribution in [3.05, 3.63) is 53.7 Å². The van der Waals surface area contributed by atoms with Gasteiger partial charge in [0.05, 0.1) is 17.4 Å². The Balaban J connectivity index is 2.11. The molecule has 1 amide bonds. The van der Waals surface area contributed by atoms with Crippen LogP contribution < -0.4 is 5.32 Å². The van der Waals surface area contributed by atoms with E-state index in [2.05, 4.69) is 10.3 Å². The summed E-state index contributed by atoms with van der Waals surface area (Å²) in [6.45, 7) is 0. The number of carbonyl (C=O) groups is 1. The maximum Gasteiger partial charge on any atom is 0.416 e. The van der Waals surface area contributed by atoms with E-state index in [0.29, 0.717) is 5.69 Å². The summed E-state index contributed by atoms with van der Waals surface area (Å²) in [7, 11) is 0. The smallest absolute Gasteiger partial charge is 0.416 e. The zero-order valence-electron chi connectivity index (χ0n) is 9.98. The minimum Gasteiger partial charge on any atom is -0.493 e. The number of hydrogen-bond donors (Lipinski definition) is 2. The van der Waals surface area contributed by atoms with Gasteiger partial charge in [0, 0.05) is 11.6 Å². The molecular formula is C13H9F3N2O2. The molecule has 0 aliphatic heterocycles. The normalized spacial score (nSPS) is 11.2. The van der Waals surface area contributed by atoms with E-state index in [0.717, 1.165) is 24.3 Å². The average molecular weight is 282 g/mol. The van der Waals surface area contributed by atoms with E-state index in [-0.39, 0.29) is 11.4 Å². The van der Waals surface area contributed by atoms with Crippen molar-refractivity contribution in [1.29, 1.82) is 0 Å². The summed E-state index contributed by atoms with van der Waals surface area (Å²) in [6, 6.07) is 6.55. The lowest BCUT2D eigenvalue weighted by atomic mass is 10.1. The largest absolute Gasteiger partial charge is 0.493 e. The molecule has 0 fully saturated rings. The molecule has 1 heterocycles. The SMILES string of the molecule is O=C(Nc1ccc(O)nc1)c1ccc(C(F)(F)F)cc1. The molecule has 0 atom stereocenters. The molecule has 0 spiro atoms. The van der Waals surface area contributed by atoms with E-state index in [4.69, 9.17) is 5.11 Å². The van der Waals surface area contributed by atoms with E-state index >= 15 is 0 Å². The summed E-state index contributed by atoms with van der Waals surface area (Å²) in [5.41, 5.74) is -0.404. The Morgan fingerprint density at radius 1 is 1.10 bits per heavy atom. The number of rotatable bonds is 2. The van der Waals surface area contributed by atoms with Gasteiger partial charge in [-0.15, -0.1) is 0 Å². The zero-order chi connectivity index (χ0) is 14.8. The standard InChI is InChI=1S/C13H9F3N2O2/c14-13(15,16)9-3-1-8(2-4-9)12(20)18-10-5-6-11(19)17-7-10/h1-7H,(H,17,19)(H,18,20). The molecule has 20 heavy (non-hydrogen) atoms. The van der Waals surface area contributed by atoms with Gasteiger partial charge in [-0.25, -0.2) is 4.98 Å². The molecule has 4 nitrogen and oxygen atoms in total. The molecule has 2 N–H and O–H groups in total. The van der Waals surface area contributed by atoms with Crippen molar-refractivity contribution in [1.82, 2.24) is 4.98 Å². The maximum absolute atomic E-state index is 12.4. The Morgan fingerprint density at radius 2 is 1.75 bits per heavy atom. The molecule has 0 aliphatic carbocycles. The number of pyridine rings is 1. The van der Waals surface area contributed by atoms with Crippen molar-refractivity contribution in [2.24, 2.45) is 0 Å². The van der Waals surface area contributed by atoms with Crippen LogP contribution in [0.4, 0.5) is 18.9 Å². The highest BCUT2D eigenvalue weighted by Gasteiger charge is 2.30. The van der Waals surface area contributed by atoms with Gasteiger partial charge in [-0.2, -0.15) is 13.2 Å². The molecule has 2 aromatic rings. The second-order valence-electron chi connectivity index (χ2n) is 3.93. The summed E-state index contributed by atoms with van der Waals surface area (Å²) in [5.74, 6) is -0.760. The number of aromatic nitrogens is 1. The first-order valence-corrected chi connectivity index (χ1v) is 5.50. The fourth-order valence-corrected chi connectivity index (χ4v) is 1.47. The van der Waals surface area contributed by atoms with Crippen molar-refractivity contribution >= 4 is 11.6 Å². The monoisotopic (exact) mass is 282 g/mol. The number of halogens is 3. The number of alkyl halides is 3. The molecule has 0 radical (unpaired) electrons. The van der Waals surface area contributed by atoms with Crippen LogP contribution in [0.1, 0.15) is 15.9 Å². The number of amides is 1. The molecule has 104 valence electrons. The first kappa shape index (κ1) is 13.9. The predicted molar refractivity (Wildman–Crippen MR) is 65.3 cm³/mol. The van der Waals surface area contributed by atoms with Crippen LogP contribution in [-0.4, -0.2) is 16.0 Å². The molecule has 0 aliphatic rings. The van der Waals surface area contributed by atoms with Crippen LogP contribution in [0, 0.1) is 0 Å². The maximum atomic E-state index is 12.4. The Labute approximate surface area is 111 Å². The molecule has 1 aromatic carbocycles. The Morgan fingerprint density at radius 3 is 2.25 bits per heavy atom. The minimum atomic E-state index is -4.43. The van der Waals surface area contributed by atoms with Gasteiger partial charge in [0.15, 0.2) is 0 Å². The highest BCUT2D eigenvalue weighted by molar-refractivity contribution is 6.04. The van der Waals surface area contributed by atoms with Gasteiger partial charge in [-0.05, 0) is 30.3 Å². The van der Waals surface area contributed by atoms with Crippen LogP contribution in [0.3, 0.4) is 0 Å². The summed E-state index contributed by atoms with van der Waals surface area (Å²) < 4.78 is 37.1. The third-order valence-corrected chi connectivity index (χ3v) is 2.48. The predicted octanol–water partition coefficient (Wildman–Crippen LogP) is 3.06. The number of nitrogens with one attached hydrogen (secondary N) is 1. The van der Waals surface area contributed by atoms with E-state index in [9.17, 15) is 18.0 Å². The number of carbonyl (C=O) groups excluding carboxylic acids is 1. The van der Waals surface area contributed by atoms with Crippen molar-refractivity contribution in [2.45, 2.75) is 6.18 Å². The van der Waals surface area contributed by atoms with E-state index in [1.165, 1.54) is 18.3 Å². The van der Waals surface area contributed by atoms with Gasteiger partial charge in [-0.3, -0.25) is 4.79 Å². The molecule has 0 saturated heterocycles. The number of nitrogens with zero attached hydrogens (tertiary/aromatic N) is 1. The molecule has 0 saturated carbocycles. The summed E-state index contributed by atoms with van der Waals surface area (Å²) in [6.07, 6.45) is -3.20. The highest BCUT2D eigenvalue weighted by Crippen LogP contribution is 2.29. The summed E-state index contributed by atoms with van der Waals surface area (Å²) in [4.78, 5) is 15.3. The lowest BCUT2D eigenvalue weighted by Crippen LogP contribution is -2.12. The van der Waals surface area contributed by atoms with Crippen LogP contribution in [0.15, 0.2) is 42.6 Å². The number of hydrogen-bond acceptors (Lipinski definition) is 3. The summed E-state index contributed by atoms with van der Waals surface area (Å²) in [5, 5.41) is 11.4. The van der Waals surface area contributed by atoms with E-state index in [1.54, 1.807) is 0 Å². The van der Waals surface area contributed by atoms with Crippen LogP contribution in [0.5, 0.6) is 5.88 Å². The molecule has 0 bridgehead atoms. The first-order chi connectivity index (χ1) is 9.36. The fraction of sp³-hybridized carbons (Fsp3) is 0.0769. The third-order valence-electron chi connectivity index (χ3n) is 2.48. The topological polar surface area (TPSA) is 62.2 Å². The molecule has 0 unspecified atom stereocenters. The van der Waals surface area contributed by atoms with Crippen LogP contribution in [-0.2, 0) is 6.18 Å². The van der Waals surface area contributed by atoms with Crippen molar-refractivity contribution < 1.29 is 23.1 Å². The Bertz CT molecular complexity index is 607. The second-order valence-corrected chi connectivity index (χ2v) is 3.93. The molecule has 7 heteroatoms. The van der Waals surface area contributed by atoms with Gasteiger partial charge >= 0.3 is 6.18 Å². The minimum absolute atomic E-state index is 0.0890. The van der Waals surface area contributed by atoms with Crippen LogP contribution in [0.2, 0.25) is 0 Å². The van der Waals surface area contributed by atoms with Crippen molar-refractivity contribution in [2.75, 3.05) is 5.32 Å². The number of benzene rings is 1. The van der Waals surface area contributed by atoms with Gasteiger partial charge in [-0.1, -0.05) is 0 Å². The molecule has 2 rings (SSSR count). The molecular weight excluding hydrogens is 273 g/mol. The fourth-order valence-electron chi connectivity index (χ4n) is 1.47. The zero-order valence-corrected chi connectivity index (χ0v) is 9.98. The first-order valence-electron chi connectivity index (χ1n) is 5.50. The Kier molecular flexibility index (Phi) is 3.60. The number of aromatic hydroxyl groups is 1. The molecule has 1 aromatic heterocycles. The van der Waals surface area contributed by atoms with Crippen LogP contribution in [0.25, 0.3) is 0 Å². The Hall–Kier alpha value is -2.57. The average Bonchev–Trinajstić information content (AvgIpc) is 2.40.